The van der Waals surface area contributed by atoms with Gasteiger partial charge in [-0.25, -0.2) is 4.98 Å². The smallest absolute Gasteiger partial charge is 0.258 e. The van der Waals surface area contributed by atoms with Gasteiger partial charge < -0.3 is 19.1 Å². The summed E-state index contributed by atoms with van der Waals surface area (Å²) in [6.45, 7) is 2.44. The molecule has 32 heavy (non-hydrogen) atoms. The lowest BCUT2D eigenvalue weighted by molar-refractivity contribution is 0.0364. The first-order chi connectivity index (χ1) is 15.5. The van der Waals surface area contributed by atoms with E-state index in [1.165, 1.54) is 24.3 Å². The van der Waals surface area contributed by atoms with Gasteiger partial charge in [-0.3, -0.25) is 4.79 Å². The number of aromatic nitrogens is 5. The molecule has 1 aliphatic rings. The maximum Gasteiger partial charge on any atom is 0.258 e. The van der Waals surface area contributed by atoms with Crippen molar-refractivity contribution in [3.8, 4) is 23.3 Å². The zero-order valence-corrected chi connectivity index (χ0v) is 20.1. The quantitative estimate of drug-likeness (QED) is 0.432. The van der Waals surface area contributed by atoms with Crippen molar-refractivity contribution in [2.24, 2.45) is 0 Å². The van der Waals surface area contributed by atoms with Gasteiger partial charge in [-0.1, -0.05) is 0 Å². The van der Waals surface area contributed by atoms with Crippen molar-refractivity contribution in [1.29, 1.82) is 0 Å². The van der Waals surface area contributed by atoms with Crippen molar-refractivity contribution < 1.29 is 19.0 Å². The minimum Gasteiger partial charge on any atom is -0.490 e. The van der Waals surface area contributed by atoms with E-state index in [0.717, 1.165) is 16.4 Å². The molecule has 0 radical (unpaired) electrons. The molecule has 0 aliphatic carbocycles. The van der Waals surface area contributed by atoms with Gasteiger partial charge in [0.05, 0.1) is 42.3 Å². The molecule has 1 amide bonds. The molecule has 11 heteroatoms. The number of hydrogen-bond donors (Lipinski definition) is 0. The molecule has 0 bridgehead atoms. The molecule has 168 valence electrons. The van der Waals surface area contributed by atoms with Crippen molar-refractivity contribution in [3.05, 3.63) is 45.9 Å². The van der Waals surface area contributed by atoms with E-state index in [1.54, 1.807) is 30.3 Å². The first-order valence-corrected chi connectivity index (χ1v) is 11.2. The standard InChI is InChI=1S/C21H23IN6O4/c1-13-4-5-14(32-20-18(31-3)16(22)8-9-23-20)12-27(13)21(29)15-6-7-17(30-2)26-19(15)28-24-10-11-25-28/h6-11,13-14H,4-5,12H2,1-3H3/t13-,14-/m1/s1. The van der Waals surface area contributed by atoms with Gasteiger partial charge in [-0.05, 0) is 54.5 Å². The van der Waals surface area contributed by atoms with Crippen LogP contribution in [0, 0.1) is 3.57 Å². The Labute approximate surface area is 199 Å². The summed E-state index contributed by atoms with van der Waals surface area (Å²) in [5.41, 5.74) is 0.388. The Balaban J connectivity index is 1.60. The van der Waals surface area contributed by atoms with E-state index in [9.17, 15) is 4.79 Å². The van der Waals surface area contributed by atoms with E-state index in [2.05, 4.69) is 42.8 Å². The summed E-state index contributed by atoms with van der Waals surface area (Å²) in [5, 5.41) is 8.27. The second-order valence-electron chi connectivity index (χ2n) is 7.30. The number of rotatable bonds is 6. The Morgan fingerprint density at radius 2 is 1.88 bits per heavy atom. The molecule has 1 saturated heterocycles. The van der Waals surface area contributed by atoms with Crippen LogP contribution in [0.4, 0.5) is 0 Å². The Morgan fingerprint density at radius 3 is 2.59 bits per heavy atom. The van der Waals surface area contributed by atoms with Gasteiger partial charge in [-0.2, -0.15) is 15.2 Å². The summed E-state index contributed by atoms with van der Waals surface area (Å²) in [4.78, 5) is 25.4. The number of carbonyl (C=O) groups is 1. The molecular weight excluding hydrogens is 527 g/mol. The third kappa shape index (κ3) is 4.47. The Bertz CT molecular complexity index is 1090. The average Bonchev–Trinajstić information content (AvgIpc) is 3.34. The van der Waals surface area contributed by atoms with Crippen molar-refractivity contribution in [1.82, 2.24) is 29.9 Å². The van der Waals surface area contributed by atoms with Gasteiger partial charge in [0.1, 0.15) is 6.10 Å². The molecule has 3 aromatic rings. The first-order valence-electron chi connectivity index (χ1n) is 10.1. The summed E-state index contributed by atoms with van der Waals surface area (Å²) < 4.78 is 17.7. The fraction of sp³-hybridized carbons (Fsp3) is 0.381. The Kier molecular flexibility index (Phi) is 6.72. The lowest BCUT2D eigenvalue weighted by Crippen LogP contribution is -2.49. The van der Waals surface area contributed by atoms with Crippen LogP contribution < -0.4 is 14.2 Å². The molecule has 0 spiro atoms. The molecule has 3 aromatic heterocycles. The number of pyridine rings is 2. The number of amides is 1. The number of ether oxygens (including phenoxy) is 3. The fourth-order valence-corrected chi connectivity index (χ4v) is 4.24. The van der Waals surface area contributed by atoms with Crippen LogP contribution in [0.25, 0.3) is 5.82 Å². The molecule has 0 aromatic carbocycles. The van der Waals surface area contributed by atoms with Gasteiger partial charge in [0.25, 0.3) is 11.8 Å². The van der Waals surface area contributed by atoms with Crippen LogP contribution >= 0.6 is 22.6 Å². The van der Waals surface area contributed by atoms with Crippen molar-refractivity contribution in [2.75, 3.05) is 20.8 Å². The van der Waals surface area contributed by atoms with E-state index in [-0.39, 0.29) is 18.1 Å². The molecule has 4 heterocycles. The molecular formula is C21H23IN6O4. The molecule has 0 N–H and O–H groups in total. The van der Waals surface area contributed by atoms with Crippen LogP contribution in [0.2, 0.25) is 0 Å². The summed E-state index contributed by atoms with van der Waals surface area (Å²) in [7, 11) is 3.11. The van der Waals surface area contributed by atoms with Crippen LogP contribution in [-0.4, -0.2) is 68.7 Å². The highest BCUT2D eigenvalue weighted by Gasteiger charge is 2.33. The van der Waals surface area contributed by atoms with Gasteiger partial charge in [0, 0.05) is 18.3 Å². The number of nitrogens with zero attached hydrogens (tertiary/aromatic N) is 6. The lowest BCUT2D eigenvalue weighted by Gasteiger charge is -2.38. The van der Waals surface area contributed by atoms with E-state index < -0.39 is 0 Å². The summed E-state index contributed by atoms with van der Waals surface area (Å²) in [6.07, 6.45) is 6.12. The van der Waals surface area contributed by atoms with Crippen molar-refractivity contribution >= 4 is 28.5 Å². The molecule has 4 rings (SSSR count). The Hall–Kier alpha value is -2.96. The number of likely N-dealkylation sites (tertiary alicyclic amines) is 1. The normalized spacial score (nSPS) is 18.3. The van der Waals surface area contributed by atoms with E-state index in [1.807, 2.05) is 13.0 Å². The second kappa shape index (κ2) is 9.67. The first kappa shape index (κ1) is 22.2. The van der Waals surface area contributed by atoms with Crippen LogP contribution in [0.3, 0.4) is 0 Å². The molecule has 0 unspecified atom stereocenters. The monoisotopic (exact) mass is 550 g/mol. The summed E-state index contributed by atoms with van der Waals surface area (Å²) in [5.74, 6) is 1.54. The largest absolute Gasteiger partial charge is 0.490 e. The van der Waals surface area contributed by atoms with Gasteiger partial charge >= 0.3 is 0 Å². The number of piperidine rings is 1. The van der Waals surface area contributed by atoms with E-state index in [0.29, 0.717) is 35.4 Å². The number of carbonyl (C=O) groups excluding carboxylic acids is 1. The van der Waals surface area contributed by atoms with E-state index >= 15 is 0 Å². The maximum absolute atomic E-state index is 13.6. The molecule has 2 atom stereocenters. The zero-order valence-electron chi connectivity index (χ0n) is 17.9. The number of methoxy groups -OCH3 is 2. The zero-order chi connectivity index (χ0) is 22.7. The third-order valence-corrected chi connectivity index (χ3v) is 6.15. The highest BCUT2D eigenvalue weighted by Crippen LogP contribution is 2.32. The second-order valence-corrected chi connectivity index (χ2v) is 8.46. The Morgan fingerprint density at radius 1 is 1.09 bits per heavy atom. The third-order valence-electron chi connectivity index (χ3n) is 5.30. The van der Waals surface area contributed by atoms with Gasteiger partial charge in [0.2, 0.25) is 5.88 Å². The predicted molar refractivity (Wildman–Crippen MR) is 123 cm³/mol. The molecule has 0 saturated carbocycles. The molecule has 1 fully saturated rings. The molecule has 10 nitrogen and oxygen atoms in total. The summed E-state index contributed by atoms with van der Waals surface area (Å²) >= 11 is 2.18. The van der Waals surface area contributed by atoms with Crippen molar-refractivity contribution in [3.63, 3.8) is 0 Å². The van der Waals surface area contributed by atoms with Crippen LogP contribution in [-0.2, 0) is 0 Å². The maximum atomic E-state index is 13.6. The summed E-state index contributed by atoms with van der Waals surface area (Å²) in [6, 6.07) is 5.23. The molecule has 1 aliphatic heterocycles. The van der Waals surface area contributed by atoms with Crippen LogP contribution in [0.1, 0.15) is 30.1 Å². The van der Waals surface area contributed by atoms with Gasteiger partial charge in [0.15, 0.2) is 11.6 Å². The van der Waals surface area contributed by atoms with Crippen LogP contribution in [0.5, 0.6) is 17.5 Å². The minimum absolute atomic E-state index is 0.0358. The highest BCUT2D eigenvalue weighted by molar-refractivity contribution is 14.1. The van der Waals surface area contributed by atoms with Gasteiger partial charge in [-0.15, -0.1) is 4.80 Å². The fourth-order valence-electron chi connectivity index (χ4n) is 3.63. The van der Waals surface area contributed by atoms with E-state index in [4.69, 9.17) is 14.2 Å². The van der Waals surface area contributed by atoms with Crippen LogP contribution in [0.15, 0.2) is 36.8 Å². The topological polar surface area (TPSA) is 104 Å². The highest BCUT2D eigenvalue weighted by atomic mass is 127. The van der Waals surface area contributed by atoms with Crippen molar-refractivity contribution in [2.45, 2.75) is 31.9 Å². The minimum atomic E-state index is -0.216. The average molecular weight is 550 g/mol. The number of hydrogen-bond acceptors (Lipinski definition) is 8. The number of halogens is 1. The SMILES string of the molecule is COc1ccc(C(=O)N2C[C@H](Oc3nccc(I)c3OC)CC[C@H]2C)c(-n2nccn2)n1. The lowest BCUT2D eigenvalue weighted by atomic mass is 10.00. The predicted octanol–water partition coefficient (Wildman–Crippen LogP) is 2.75.